The predicted octanol–water partition coefficient (Wildman–Crippen LogP) is 2.12. The number of pyridine rings is 1. The first-order chi connectivity index (χ1) is 10.0. The number of amides is 1. The molecule has 1 heterocycles. The number of carbonyl (C=O) groups is 1. The maximum absolute atomic E-state index is 12.0. The van der Waals surface area contributed by atoms with Crippen LogP contribution in [0.3, 0.4) is 0 Å². The molecule has 0 aliphatic carbocycles. The highest BCUT2D eigenvalue weighted by Gasteiger charge is 2.15. The summed E-state index contributed by atoms with van der Waals surface area (Å²) in [7, 11) is 3.55. The average Bonchev–Trinajstić information content (AvgIpc) is 2.45. The van der Waals surface area contributed by atoms with Crippen LogP contribution < -0.4 is 10.6 Å². The highest BCUT2D eigenvalue weighted by molar-refractivity contribution is 5.94. The van der Waals surface area contributed by atoms with E-state index in [4.69, 9.17) is 5.73 Å². The first-order valence-corrected chi connectivity index (χ1v) is 7.12. The van der Waals surface area contributed by atoms with Gasteiger partial charge in [0.15, 0.2) is 0 Å². The lowest BCUT2D eigenvalue weighted by Crippen LogP contribution is -2.37. The van der Waals surface area contributed by atoms with E-state index in [-0.39, 0.29) is 5.91 Å². The van der Waals surface area contributed by atoms with Gasteiger partial charge < -0.3 is 15.5 Å². The van der Waals surface area contributed by atoms with Crippen LogP contribution in [-0.4, -0.2) is 43.0 Å². The Kier molecular flexibility index (Phi) is 4.62. The molecule has 0 atom stereocenters. The molecule has 1 aromatic heterocycles. The van der Waals surface area contributed by atoms with E-state index in [1.165, 1.54) is 0 Å². The number of nitrogens with two attached hydrogens (primary N) is 1. The zero-order valence-corrected chi connectivity index (χ0v) is 12.8. The monoisotopic (exact) mass is 286 g/mol. The van der Waals surface area contributed by atoms with E-state index < -0.39 is 0 Å². The molecule has 112 valence electrons. The number of hydrogen-bond acceptors (Lipinski definition) is 4. The van der Waals surface area contributed by atoms with Crippen molar-refractivity contribution in [2.45, 2.75) is 13.3 Å². The minimum atomic E-state index is 0.0869. The van der Waals surface area contributed by atoms with Gasteiger partial charge in [-0.1, -0.05) is 6.92 Å². The van der Waals surface area contributed by atoms with Crippen LogP contribution in [0.15, 0.2) is 30.5 Å². The standard InChI is InChI=1S/C16H22N4O/c1-4-9-20(11-16(21)19(2)3)15-7-8-18-14-10-12(17)5-6-13(14)15/h5-8,10H,4,9,11,17H2,1-3H3. The van der Waals surface area contributed by atoms with E-state index in [1.54, 1.807) is 25.2 Å². The lowest BCUT2D eigenvalue weighted by Gasteiger charge is -2.26. The predicted molar refractivity (Wildman–Crippen MR) is 87.4 cm³/mol. The lowest BCUT2D eigenvalue weighted by atomic mass is 10.1. The molecule has 5 nitrogen and oxygen atoms in total. The Labute approximate surface area is 125 Å². The van der Waals surface area contributed by atoms with Crippen molar-refractivity contribution in [3.05, 3.63) is 30.5 Å². The van der Waals surface area contributed by atoms with Crippen molar-refractivity contribution in [3.63, 3.8) is 0 Å². The first-order valence-electron chi connectivity index (χ1n) is 7.12. The van der Waals surface area contributed by atoms with Gasteiger partial charge in [-0.2, -0.15) is 0 Å². The molecule has 1 aromatic carbocycles. The van der Waals surface area contributed by atoms with Gasteiger partial charge in [0.05, 0.1) is 12.1 Å². The number of carbonyl (C=O) groups excluding carboxylic acids is 1. The van der Waals surface area contributed by atoms with E-state index in [9.17, 15) is 4.79 Å². The normalized spacial score (nSPS) is 10.6. The lowest BCUT2D eigenvalue weighted by molar-refractivity contribution is -0.127. The highest BCUT2D eigenvalue weighted by atomic mass is 16.2. The molecule has 0 radical (unpaired) electrons. The number of nitrogen functional groups attached to an aromatic ring is 1. The number of nitrogens with zero attached hydrogens (tertiary/aromatic N) is 3. The molecule has 0 unspecified atom stereocenters. The molecule has 0 saturated carbocycles. The van der Waals surface area contributed by atoms with Crippen molar-refractivity contribution in [1.29, 1.82) is 0 Å². The smallest absolute Gasteiger partial charge is 0.241 e. The van der Waals surface area contributed by atoms with Crippen molar-refractivity contribution in [1.82, 2.24) is 9.88 Å². The second-order valence-electron chi connectivity index (χ2n) is 5.32. The molecular weight excluding hydrogens is 264 g/mol. The van der Waals surface area contributed by atoms with Gasteiger partial charge in [0.2, 0.25) is 5.91 Å². The fraction of sp³-hybridized carbons (Fsp3) is 0.375. The molecule has 0 spiro atoms. The molecular formula is C16H22N4O. The topological polar surface area (TPSA) is 62.5 Å². The number of aromatic nitrogens is 1. The Morgan fingerprint density at radius 1 is 1.29 bits per heavy atom. The summed E-state index contributed by atoms with van der Waals surface area (Å²) in [6.45, 7) is 3.29. The van der Waals surface area contributed by atoms with E-state index >= 15 is 0 Å². The van der Waals surface area contributed by atoms with Crippen molar-refractivity contribution in [2.75, 3.05) is 37.8 Å². The summed E-state index contributed by atoms with van der Waals surface area (Å²) in [5, 5.41) is 1.02. The number of hydrogen-bond donors (Lipinski definition) is 1. The molecule has 0 saturated heterocycles. The average molecular weight is 286 g/mol. The number of rotatable bonds is 5. The molecule has 5 heteroatoms. The molecule has 21 heavy (non-hydrogen) atoms. The van der Waals surface area contributed by atoms with E-state index in [0.717, 1.165) is 29.6 Å². The Hall–Kier alpha value is -2.30. The van der Waals surface area contributed by atoms with Gasteiger partial charge in [0.25, 0.3) is 0 Å². The highest BCUT2D eigenvalue weighted by Crippen LogP contribution is 2.26. The Balaban J connectivity index is 2.42. The third kappa shape index (κ3) is 3.42. The van der Waals surface area contributed by atoms with Crippen molar-refractivity contribution in [3.8, 4) is 0 Å². The molecule has 2 N–H and O–H groups in total. The largest absolute Gasteiger partial charge is 0.399 e. The summed E-state index contributed by atoms with van der Waals surface area (Å²) >= 11 is 0. The number of fused-ring (bicyclic) bond motifs is 1. The van der Waals surface area contributed by atoms with E-state index in [1.807, 2.05) is 24.3 Å². The van der Waals surface area contributed by atoms with Crippen LogP contribution in [0.2, 0.25) is 0 Å². The quantitative estimate of drug-likeness (QED) is 0.855. The van der Waals surface area contributed by atoms with Crippen LogP contribution in [0.4, 0.5) is 11.4 Å². The summed E-state index contributed by atoms with van der Waals surface area (Å²) in [4.78, 5) is 20.1. The van der Waals surface area contributed by atoms with Crippen molar-refractivity contribution in [2.24, 2.45) is 0 Å². The summed E-state index contributed by atoms with van der Waals surface area (Å²) in [6.07, 6.45) is 2.74. The number of likely N-dealkylation sites (N-methyl/N-ethyl adjacent to an activating group) is 1. The third-order valence-electron chi connectivity index (χ3n) is 3.40. The maximum Gasteiger partial charge on any atom is 0.241 e. The summed E-state index contributed by atoms with van der Waals surface area (Å²) in [6, 6.07) is 7.65. The van der Waals surface area contributed by atoms with Gasteiger partial charge in [-0.15, -0.1) is 0 Å². The van der Waals surface area contributed by atoms with Crippen LogP contribution >= 0.6 is 0 Å². The van der Waals surface area contributed by atoms with Crippen LogP contribution in [0.1, 0.15) is 13.3 Å². The number of anilines is 2. The SMILES string of the molecule is CCCN(CC(=O)N(C)C)c1ccnc2cc(N)ccc12. The molecule has 0 aliphatic heterocycles. The second-order valence-corrected chi connectivity index (χ2v) is 5.32. The zero-order chi connectivity index (χ0) is 15.4. The Bertz CT molecular complexity index is 639. The third-order valence-corrected chi connectivity index (χ3v) is 3.40. The van der Waals surface area contributed by atoms with Crippen molar-refractivity contribution < 1.29 is 4.79 Å². The van der Waals surface area contributed by atoms with Crippen LogP contribution in [-0.2, 0) is 4.79 Å². The zero-order valence-electron chi connectivity index (χ0n) is 12.8. The molecule has 0 aliphatic rings. The Morgan fingerprint density at radius 2 is 2.05 bits per heavy atom. The summed E-state index contributed by atoms with van der Waals surface area (Å²) < 4.78 is 0. The Morgan fingerprint density at radius 3 is 2.71 bits per heavy atom. The van der Waals surface area contributed by atoms with Gasteiger partial charge in [-0.05, 0) is 30.7 Å². The van der Waals surface area contributed by atoms with Gasteiger partial charge in [-0.3, -0.25) is 9.78 Å². The second kappa shape index (κ2) is 6.43. The molecule has 0 fully saturated rings. The number of benzene rings is 1. The van der Waals surface area contributed by atoms with Gasteiger partial charge in [0, 0.05) is 43.6 Å². The van der Waals surface area contributed by atoms with Gasteiger partial charge in [-0.25, -0.2) is 0 Å². The maximum atomic E-state index is 12.0. The fourth-order valence-corrected chi connectivity index (χ4v) is 2.29. The fourth-order valence-electron chi connectivity index (χ4n) is 2.29. The van der Waals surface area contributed by atoms with Crippen LogP contribution in [0.5, 0.6) is 0 Å². The van der Waals surface area contributed by atoms with E-state index in [0.29, 0.717) is 12.2 Å². The minimum Gasteiger partial charge on any atom is -0.399 e. The van der Waals surface area contributed by atoms with Crippen molar-refractivity contribution >= 4 is 28.2 Å². The van der Waals surface area contributed by atoms with Crippen LogP contribution in [0, 0.1) is 0 Å². The summed E-state index contributed by atoms with van der Waals surface area (Å²) in [5.41, 5.74) is 8.39. The molecule has 2 aromatic rings. The first kappa shape index (κ1) is 15.1. The molecule has 0 bridgehead atoms. The van der Waals surface area contributed by atoms with Gasteiger partial charge >= 0.3 is 0 Å². The summed E-state index contributed by atoms with van der Waals surface area (Å²) in [5.74, 6) is 0.0869. The molecule has 1 amide bonds. The van der Waals surface area contributed by atoms with Crippen LogP contribution in [0.25, 0.3) is 10.9 Å². The minimum absolute atomic E-state index is 0.0869. The van der Waals surface area contributed by atoms with Gasteiger partial charge in [0.1, 0.15) is 0 Å². The van der Waals surface area contributed by atoms with E-state index in [2.05, 4.69) is 16.8 Å². The molecule has 2 rings (SSSR count).